The standard InChI is InChI=1S/C14H17NO2S/c1-4-12-8-14(12,9-15)18(16,17)13-7-10(2)5-6-11(13)3/h5-7,12H,4,8H2,1-3H3. The second kappa shape index (κ2) is 4.10. The van der Waals surface area contributed by atoms with E-state index in [4.69, 9.17) is 0 Å². The minimum atomic E-state index is -3.55. The zero-order valence-corrected chi connectivity index (χ0v) is 11.7. The van der Waals surface area contributed by atoms with Gasteiger partial charge in [0.25, 0.3) is 0 Å². The second-order valence-corrected chi connectivity index (χ2v) is 7.26. The molecule has 0 radical (unpaired) electrons. The number of rotatable bonds is 3. The third-order valence-corrected chi connectivity index (χ3v) is 6.41. The maximum Gasteiger partial charge on any atom is 0.197 e. The van der Waals surface area contributed by atoms with Gasteiger partial charge < -0.3 is 0 Å². The van der Waals surface area contributed by atoms with E-state index in [1.54, 1.807) is 19.1 Å². The minimum absolute atomic E-state index is 0.0209. The Hall–Kier alpha value is -1.34. The Morgan fingerprint density at radius 3 is 2.61 bits per heavy atom. The van der Waals surface area contributed by atoms with E-state index in [-0.39, 0.29) is 5.92 Å². The molecule has 2 unspecified atom stereocenters. The molecule has 0 N–H and O–H groups in total. The van der Waals surface area contributed by atoms with Crippen LogP contribution in [0.1, 0.15) is 30.9 Å². The fraction of sp³-hybridized carbons (Fsp3) is 0.500. The highest BCUT2D eigenvalue weighted by atomic mass is 32.2. The van der Waals surface area contributed by atoms with Gasteiger partial charge in [-0.05, 0) is 43.4 Å². The monoisotopic (exact) mass is 263 g/mol. The number of nitrogens with zero attached hydrogens (tertiary/aromatic N) is 1. The molecule has 0 heterocycles. The summed E-state index contributed by atoms with van der Waals surface area (Å²) in [6.07, 6.45) is 1.20. The first-order valence-corrected chi connectivity index (χ1v) is 7.60. The molecule has 1 aromatic carbocycles. The summed E-state index contributed by atoms with van der Waals surface area (Å²) >= 11 is 0. The first kappa shape index (κ1) is 13.1. The van der Waals surface area contributed by atoms with Crippen molar-refractivity contribution in [1.29, 1.82) is 5.26 Å². The fourth-order valence-corrected chi connectivity index (χ4v) is 4.87. The van der Waals surface area contributed by atoms with Gasteiger partial charge in [0, 0.05) is 0 Å². The van der Waals surface area contributed by atoms with Crippen molar-refractivity contribution in [2.45, 2.75) is 43.3 Å². The zero-order valence-electron chi connectivity index (χ0n) is 10.9. The van der Waals surface area contributed by atoms with Crippen molar-refractivity contribution < 1.29 is 8.42 Å². The van der Waals surface area contributed by atoms with E-state index < -0.39 is 14.6 Å². The molecule has 18 heavy (non-hydrogen) atoms. The Balaban J connectivity index is 2.57. The number of hydrogen-bond acceptors (Lipinski definition) is 3. The molecule has 0 aliphatic heterocycles. The SMILES string of the molecule is CCC1CC1(C#N)S(=O)(=O)c1cc(C)ccc1C. The smallest absolute Gasteiger partial charge is 0.197 e. The summed E-state index contributed by atoms with van der Waals surface area (Å²) in [5, 5.41) is 9.29. The Bertz CT molecular complexity index is 628. The molecule has 1 aliphatic rings. The minimum Gasteiger partial charge on any atom is -0.222 e. The highest BCUT2D eigenvalue weighted by molar-refractivity contribution is 7.93. The summed E-state index contributed by atoms with van der Waals surface area (Å²) < 4.78 is 24.2. The summed E-state index contributed by atoms with van der Waals surface area (Å²) in [4.78, 5) is 0.319. The van der Waals surface area contributed by atoms with Gasteiger partial charge in [-0.3, -0.25) is 0 Å². The molecule has 0 saturated heterocycles. The third kappa shape index (κ3) is 1.65. The lowest BCUT2D eigenvalue weighted by atomic mass is 10.2. The third-order valence-electron chi connectivity index (χ3n) is 3.84. The van der Waals surface area contributed by atoms with Crippen LogP contribution in [0.4, 0.5) is 0 Å². The molecule has 3 nitrogen and oxygen atoms in total. The second-order valence-electron chi connectivity index (χ2n) is 5.08. The van der Waals surface area contributed by atoms with Crippen molar-refractivity contribution in [3.05, 3.63) is 29.3 Å². The van der Waals surface area contributed by atoms with Crippen molar-refractivity contribution in [3.8, 4) is 6.07 Å². The highest BCUT2D eigenvalue weighted by Gasteiger charge is 2.64. The normalized spacial score (nSPS) is 26.7. The van der Waals surface area contributed by atoms with Gasteiger partial charge in [0.15, 0.2) is 14.6 Å². The van der Waals surface area contributed by atoms with Gasteiger partial charge in [-0.2, -0.15) is 5.26 Å². The van der Waals surface area contributed by atoms with E-state index in [1.807, 2.05) is 19.9 Å². The average Bonchev–Trinajstić information content (AvgIpc) is 3.07. The van der Waals surface area contributed by atoms with Crippen molar-refractivity contribution in [2.24, 2.45) is 5.92 Å². The Kier molecular flexibility index (Phi) is 2.98. The lowest BCUT2D eigenvalue weighted by molar-refractivity contribution is 0.580. The van der Waals surface area contributed by atoms with E-state index in [2.05, 4.69) is 6.07 Å². The molecule has 2 rings (SSSR count). The van der Waals surface area contributed by atoms with Crippen LogP contribution in [-0.2, 0) is 9.84 Å². The fourth-order valence-electron chi connectivity index (χ4n) is 2.50. The molecular weight excluding hydrogens is 246 g/mol. The molecule has 1 fully saturated rings. The zero-order chi connectivity index (χ0) is 13.6. The van der Waals surface area contributed by atoms with Gasteiger partial charge in [0.05, 0.1) is 11.0 Å². The quantitative estimate of drug-likeness (QED) is 0.842. The van der Waals surface area contributed by atoms with Gasteiger partial charge in [0.1, 0.15) is 0 Å². The van der Waals surface area contributed by atoms with Crippen LogP contribution in [0.2, 0.25) is 0 Å². The van der Waals surface area contributed by atoms with Crippen molar-refractivity contribution in [3.63, 3.8) is 0 Å². The number of sulfone groups is 1. The van der Waals surface area contributed by atoms with Crippen LogP contribution in [0.5, 0.6) is 0 Å². The molecular formula is C14H17NO2S. The van der Waals surface area contributed by atoms with Crippen LogP contribution in [0.3, 0.4) is 0 Å². The summed E-state index contributed by atoms with van der Waals surface area (Å²) in [6, 6.07) is 7.42. The van der Waals surface area contributed by atoms with Crippen LogP contribution < -0.4 is 0 Å². The molecule has 1 aromatic rings. The van der Waals surface area contributed by atoms with Crippen molar-refractivity contribution >= 4 is 9.84 Å². The van der Waals surface area contributed by atoms with Crippen molar-refractivity contribution in [2.75, 3.05) is 0 Å². The molecule has 4 heteroatoms. The topological polar surface area (TPSA) is 57.9 Å². The summed E-state index contributed by atoms with van der Waals surface area (Å²) in [5.74, 6) is -0.0209. The van der Waals surface area contributed by atoms with Gasteiger partial charge in [0.2, 0.25) is 0 Å². The molecule has 0 amide bonds. The average molecular weight is 263 g/mol. The Morgan fingerprint density at radius 1 is 1.44 bits per heavy atom. The lowest BCUT2D eigenvalue weighted by Crippen LogP contribution is -2.24. The molecule has 0 bridgehead atoms. The van der Waals surface area contributed by atoms with E-state index in [1.165, 1.54) is 0 Å². The van der Waals surface area contributed by atoms with Crippen LogP contribution in [0.15, 0.2) is 23.1 Å². The van der Waals surface area contributed by atoms with E-state index in [0.29, 0.717) is 11.3 Å². The number of hydrogen-bond donors (Lipinski definition) is 0. The van der Waals surface area contributed by atoms with Crippen LogP contribution >= 0.6 is 0 Å². The predicted molar refractivity (Wildman–Crippen MR) is 69.8 cm³/mol. The van der Waals surface area contributed by atoms with Gasteiger partial charge in [-0.15, -0.1) is 0 Å². The molecule has 96 valence electrons. The van der Waals surface area contributed by atoms with Crippen LogP contribution in [0, 0.1) is 31.1 Å². The van der Waals surface area contributed by atoms with Gasteiger partial charge in [-0.1, -0.05) is 25.5 Å². The summed E-state index contributed by atoms with van der Waals surface area (Å²) in [5.41, 5.74) is 1.62. The number of benzene rings is 1. The van der Waals surface area contributed by atoms with Crippen LogP contribution in [0.25, 0.3) is 0 Å². The van der Waals surface area contributed by atoms with E-state index in [0.717, 1.165) is 17.5 Å². The van der Waals surface area contributed by atoms with E-state index in [9.17, 15) is 13.7 Å². The number of aryl methyl sites for hydroxylation is 2. The summed E-state index contributed by atoms with van der Waals surface area (Å²) in [7, 11) is -3.55. The first-order valence-electron chi connectivity index (χ1n) is 6.12. The highest BCUT2D eigenvalue weighted by Crippen LogP contribution is 2.54. The van der Waals surface area contributed by atoms with Crippen molar-refractivity contribution in [1.82, 2.24) is 0 Å². The largest absolute Gasteiger partial charge is 0.222 e. The molecule has 2 atom stereocenters. The van der Waals surface area contributed by atoms with Crippen LogP contribution in [-0.4, -0.2) is 13.2 Å². The summed E-state index contributed by atoms with van der Waals surface area (Å²) in [6.45, 7) is 5.57. The maximum atomic E-state index is 12.7. The van der Waals surface area contributed by atoms with Gasteiger partial charge >= 0.3 is 0 Å². The lowest BCUT2D eigenvalue weighted by Gasteiger charge is -2.13. The Labute approximate surface area is 108 Å². The predicted octanol–water partition coefficient (Wildman–Crippen LogP) is 2.77. The molecule has 1 aliphatic carbocycles. The maximum absolute atomic E-state index is 12.7. The molecule has 1 saturated carbocycles. The number of nitriles is 1. The van der Waals surface area contributed by atoms with E-state index >= 15 is 0 Å². The molecule has 0 aromatic heterocycles. The van der Waals surface area contributed by atoms with Gasteiger partial charge in [-0.25, -0.2) is 8.42 Å². The molecule has 0 spiro atoms. The Morgan fingerprint density at radius 2 is 2.11 bits per heavy atom. The first-order chi connectivity index (χ1) is 8.39.